The van der Waals surface area contributed by atoms with Crippen molar-refractivity contribution in [2.24, 2.45) is 0 Å². The van der Waals surface area contributed by atoms with Crippen LogP contribution in [0.15, 0.2) is 30.3 Å². The smallest absolute Gasteiger partial charge is 0.207 e. The van der Waals surface area contributed by atoms with Crippen molar-refractivity contribution in [3.8, 4) is 0 Å². The third-order valence-electron chi connectivity index (χ3n) is 2.51. The zero-order chi connectivity index (χ0) is 12.6. The van der Waals surface area contributed by atoms with Crippen LogP contribution in [0.25, 0.3) is 0 Å². The van der Waals surface area contributed by atoms with Gasteiger partial charge in [0.25, 0.3) is 0 Å². The van der Waals surface area contributed by atoms with Crippen molar-refractivity contribution < 1.29 is 20.0 Å². The normalized spacial score (nSPS) is 15.6. The van der Waals surface area contributed by atoms with Crippen LogP contribution in [0.4, 0.5) is 0 Å². The third-order valence-corrected chi connectivity index (χ3v) is 5.05. The first-order valence-corrected chi connectivity index (χ1v) is 7.09. The van der Waals surface area contributed by atoms with E-state index in [9.17, 15) is 9.46 Å². The molecule has 3 N–H and O–H groups in total. The van der Waals surface area contributed by atoms with Crippen molar-refractivity contribution in [1.29, 1.82) is 0 Å². The van der Waals surface area contributed by atoms with E-state index in [1.54, 1.807) is 6.92 Å². The van der Waals surface area contributed by atoms with Gasteiger partial charge in [0.15, 0.2) is 0 Å². The lowest BCUT2D eigenvalue weighted by Gasteiger charge is -2.20. The molecule has 1 rings (SSSR count). The van der Waals surface area contributed by atoms with Gasteiger partial charge in [-0.3, -0.25) is 15.1 Å². The van der Waals surface area contributed by atoms with E-state index in [4.69, 9.17) is 10.5 Å². The van der Waals surface area contributed by atoms with E-state index in [0.29, 0.717) is 12.6 Å². The number of hydrogen-bond donors (Lipinski definition) is 3. The Hall–Kier alpha value is -0.670. The summed E-state index contributed by atoms with van der Waals surface area (Å²) in [5, 5.41) is 12.0. The molecule has 0 aliphatic heterocycles. The highest BCUT2D eigenvalue weighted by atomic mass is 31.2. The standard InChI is InChI=1S/C11H17O2P.H2O2/c1-3-11(14(12,13)4-2)10-8-6-5-7-9-10;1-2/h5-9,11H,3-4H2,1-2H3,(H,12,13);1-2H. The first-order valence-electron chi connectivity index (χ1n) is 5.18. The average molecular weight is 246 g/mol. The molecule has 2 unspecified atom stereocenters. The predicted octanol–water partition coefficient (Wildman–Crippen LogP) is 3.45. The van der Waals surface area contributed by atoms with Gasteiger partial charge in [-0.2, -0.15) is 0 Å². The Labute approximate surface area is 96.0 Å². The third kappa shape index (κ3) is 4.06. The van der Waals surface area contributed by atoms with E-state index in [2.05, 4.69) is 0 Å². The van der Waals surface area contributed by atoms with Crippen molar-refractivity contribution >= 4 is 7.37 Å². The van der Waals surface area contributed by atoms with E-state index < -0.39 is 7.37 Å². The van der Waals surface area contributed by atoms with Crippen LogP contribution in [-0.2, 0) is 4.57 Å². The molecule has 2 atom stereocenters. The molecule has 0 aliphatic rings. The van der Waals surface area contributed by atoms with E-state index in [0.717, 1.165) is 5.56 Å². The topological polar surface area (TPSA) is 77.8 Å². The molecule has 0 fully saturated rings. The van der Waals surface area contributed by atoms with Crippen LogP contribution in [0.5, 0.6) is 0 Å². The van der Waals surface area contributed by atoms with Gasteiger partial charge in [0, 0.05) is 6.16 Å². The minimum Gasteiger partial charge on any atom is -0.344 e. The molecule has 0 amide bonds. The van der Waals surface area contributed by atoms with Crippen LogP contribution in [0.3, 0.4) is 0 Å². The molecule has 1 aromatic carbocycles. The maximum Gasteiger partial charge on any atom is 0.207 e. The molecule has 0 radical (unpaired) electrons. The monoisotopic (exact) mass is 246 g/mol. The number of hydrogen-bond acceptors (Lipinski definition) is 3. The molecular weight excluding hydrogens is 227 g/mol. The first kappa shape index (κ1) is 15.3. The fourth-order valence-electron chi connectivity index (χ4n) is 1.65. The van der Waals surface area contributed by atoms with Crippen molar-refractivity contribution in [2.45, 2.75) is 25.9 Å². The SMILES string of the molecule is CCC(c1ccccc1)P(=O)(O)CC.OO. The van der Waals surface area contributed by atoms with Gasteiger partial charge in [0.05, 0.1) is 5.66 Å². The number of rotatable bonds is 4. The minimum atomic E-state index is -3.01. The molecule has 5 heteroatoms. The van der Waals surface area contributed by atoms with Gasteiger partial charge in [0.2, 0.25) is 7.37 Å². The summed E-state index contributed by atoms with van der Waals surface area (Å²) in [7, 11) is -3.01. The van der Waals surface area contributed by atoms with Gasteiger partial charge >= 0.3 is 0 Å². The van der Waals surface area contributed by atoms with E-state index in [1.165, 1.54) is 0 Å². The van der Waals surface area contributed by atoms with Crippen LogP contribution in [0.1, 0.15) is 31.5 Å². The molecule has 0 aromatic heterocycles. The summed E-state index contributed by atoms with van der Waals surface area (Å²) in [5.41, 5.74) is 0.774. The molecule has 92 valence electrons. The van der Waals surface area contributed by atoms with E-state index in [1.807, 2.05) is 37.3 Å². The summed E-state index contributed by atoms with van der Waals surface area (Å²) in [6, 6.07) is 9.59. The minimum absolute atomic E-state index is 0.200. The first-order chi connectivity index (χ1) is 7.61. The lowest BCUT2D eigenvalue weighted by Crippen LogP contribution is -2.00. The zero-order valence-electron chi connectivity index (χ0n) is 9.58. The van der Waals surface area contributed by atoms with Gasteiger partial charge in [-0.1, -0.05) is 44.2 Å². The Bertz CT molecular complexity index is 326. The summed E-state index contributed by atoms with van der Waals surface area (Å²) >= 11 is 0. The molecule has 1 aromatic rings. The van der Waals surface area contributed by atoms with Gasteiger partial charge in [-0.25, -0.2) is 0 Å². The van der Waals surface area contributed by atoms with Gasteiger partial charge in [-0.05, 0) is 12.0 Å². The average Bonchev–Trinajstić information content (AvgIpc) is 2.33. The molecule has 16 heavy (non-hydrogen) atoms. The van der Waals surface area contributed by atoms with Crippen LogP contribution < -0.4 is 0 Å². The summed E-state index contributed by atoms with van der Waals surface area (Å²) in [6.07, 6.45) is 1.06. The maximum atomic E-state index is 11.9. The van der Waals surface area contributed by atoms with Crippen LogP contribution in [-0.4, -0.2) is 21.6 Å². The molecule has 0 bridgehead atoms. The van der Waals surface area contributed by atoms with Crippen molar-refractivity contribution in [2.75, 3.05) is 6.16 Å². The molecule has 0 aliphatic carbocycles. The second-order valence-corrected chi connectivity index (χ2v) is 6.17. The maximum absolute atomic E-state index is 11.9. The Balaban J connectivity index is 0.00000106. The van der Waals surface area contributed by atoms with Crippen LogP contribution in [0.2, 0.25) is 0 Å². The van der Waals surface area contributed by atoms with Crippen LogP contribution >= 0.6 is 7.37 Å². The highest BCUT2D eigenvalue weighted by Gasteiger charge is 2.28. The molecule has 0 spiro atoms. The fraction of sp³-hybridized carbons (Fsp3) is 0.455. The lowest BCUT2D eigenvalue weighted by molar-refractivity contribution is -0.176. The summed E-state index contributed by atoms with van der Waals surface area (Å²) in [5.74, 6) is 0. The molecule has 0 saturated heterocycles. The van der Waals surface area contributed by atoms with Gasteiger partial charge < -0.3 is 4.89 Å². The largest absolute Gasteiger partial charge is 0.344 e. The van der Waals surface area contributed by atoms with Crippen molar-refractivity contribution in [3.63, 3.8) is 0 Å². The highest BCUT2D eigenvalue weighted by molar-refractivity contribution is 7.58. The van der Waals surface area contributed by atoms with Crippen molar-refractivity contribution in [3.05, 3.63) is 35.9 Å². The second kappa shape index (κ2) is 7.58. The lowest BCUT2D eigenvalue weighted by atomic mass is 10.1. The van der Waals surface area contributed by atoms with Crippen molar-refractivity contribution in [1.82, 2.24) is 0 Å². The zero-order valence-corrected chi connectivity index (χ0v) is 10.5. The van der Waals surface area contributed by atoms with Gasteiger partial charge in [-0.15, -0.1) is 0 Å². The Morgan fingerprint density at radius 3 is 2.06 bits per heavy atom. The van der Waals surface area contributed by atoms with Gasteiger partial charge in [0.1, 0.15) is 0 Å². The molecule has 4 nitrogen and oxygen atoms in total. The summed E-state index contributed by atoms with van der Waals surface area (Å²) < 4.78 is 11.9. The number of benzene rings is 1. The molecular formula is C11H19O4P. The quantitative estimate of drug-likeness (QED) is 0.432. The Morgan fingerprint density at radius 1 is 1.19 bits per heavy atom. The second-order valence-electron chi connectivity index (χ2n) is 3.41. The molecule has 0 saturated carbocycles. The summed E-state index contributed by atoms with van der Waals surface area (Å²) in [4.78, 5) is 9.79. The summed E-state index contributed by atoms with van der Waals surface area (Å²) in [6.45, 7) is 3.72. The predicted molar refractivity (Wildman–Crippen MR) is 65.1 cm³/mol. The van der Waals surface area contributed by atoms with Crippen LogP contribution in [0, 0.1) is 0 Å². The highest BCUT2D eigenvalue weighted by Crippen LogP contribution is 2.56. The fourth-order valence-corrected chi connectivity index (χ4v) is 3.30. The van der Waals surface area contributed by atoms with E-state index in [-0.39, 0.29) is 5.66 Å². The Morgan fingerprint density at radius 2 is 1.69 bits per heavy atom. The Kier molecular flexibility index (Phi) is 7.26. The molecule has 0 heterocycles. The van der Waals surface area contributed by atoms with E-state index >= 15 is 0 Å².